The Bertz CT molecular complexity index is 787. The van der Waals surface area contributed by atoms with Gasteiger partial charge in [-0.15, -0.1) is 13.2 Å². The van der Waals surface area contributed by atoms with Crippen LogP contribution >= 0.6 is 0 Å². The lowest BCUT2D eigenvalue weighted by Gasteiger charge is -2.34. The Hall–Kier alpha value is -3.10. The predicted octanol–water partition coefficient (Wildman–Crippen LogP) is 2.74. The number of ether oxygens (including phenoxy) is 1. The molecule has 0 saturated carbocycles. The summed E-state index contributed by atoms with van der Waals surface area (Å²) < 4.78 is 40.2. The van der Waals surface area contributed by atoms with E-state index < -0.39 is 6.36 Å². The van der Waals surface area contributed by atoms with Gasteiger partial charge in [0.2, 0.25) is 11.9 Å². The molecule has 1 amide bonds. The van der Waals surface area contributed by atoms with E-state index in [1.807, 2.05) is 4.90 Å². The number of hydrogen-bond acceptors (Lipinski definition) is 5. The van der Waals surface area contributed by atoms with Crippen molar-refractivity contribution in [3.8, 4) is 5.75 Å². The third-order valence-electron chi connectivity index (χ3n) is 3.96. The molecule has 1 aromatic heterocycles. The molecule has 0 unspecified atom stereocenters. The second kappa shape index (κ2) is 8.07. The van der Waals surface area contributed by atoms with Gasteiger partial charge < -0.3 is 14.5 Å². The minimum Gasteiger partial charge on any atom is -0.406 e. The number of piperazine rings is 1. The van der Waals surface area contributed by atoms with Gasteiger partial charge in [0.25, 0.3) is 0 Å². The average Bonchev–Trinajstić information content (AvgIpc) is 2.67. The number of hydrogen-bond donors (Lipinski definition) is 0. The standard InChI is InChI=1S/C18H17F3N4O2/c19-18(20,21)27-15-5-2-14(3-6-15)4-7-16(26)24-10-12-25(13-11-24)17-22-8-1-9-23-17/h1-9H,10-13H2. The zero-order valence-electron chi connectivity index (χ0n) is 14.3. The lowest BCUT2D eigenvalue weighted by atomic mass is 10.2. The molecule has 2 aromatic rings. The molecule has 6 nitrogen and oxygen atoms in total. The summed E-state index contributed by atoms with van der Waals surface area (Å²) in [5.41, 5.74) is 0.606. The van der Waals surface area contributed by atoms with E-state index in [0.717, 1.165) is 0 Å². The van der Waals surface area contributed by atoms with Crippen molar-refractivity contribution in [1.29, 1.82) is 0 Å². The second-order valence-corrected chi connectivity index (χ2v) is 5.81. The predicted molar refractivity (Wildman–Crippen MR) is 93.0 cm³/mol. The second-order valence-electron chi connectivity index (χ2n) is 5.81. The van der Waals surface area contributed by atoms with Gasteiger partial charge in [-0.2, -0.15) is 0 Å². The molecule has 0 bridgehead atoms. The number of anilines is 1. The number of rotatable bonds is 4. The van der Waals surface area contributed by atoms with Gasteiger partial charge in [-0.1, -0.05) is 12.1 Å². The van der Waals surface area contributed by atoms with E-state index in [1.165, 1.54) is 30.3 Å². The van der Waals surface area contributed by atoms with E-state index in [0.29, 0.717) is 37.7 Å². The fourth-order valence-corrected chi connectivity index (χ4v) is 2.63. The van der Waals surface area contributed by atoms with E-state index in [-0.39, 0.29) is 11.7 Å². The minimum atomic E-state index is -4.72. The first kappa shape index (κ1) is 18.7. The van der Waals surface area contributed by atoms with Crippen molar-refractivity contribution < 1.29 is 22.7 Å². The summed E-state index contributed by atoms with van der Waals surface area (Å²) in [5.74, 6) is 0.186. The molecule has 1 aliphatic rings. The molecule has 0 N–H and O–H groups in total. The summed E-state index contributed by atoms with van der Waals surface area (Å²) in [7, 11) is 0. The molecule has 142 valence electrons. The highest BCUT2D eigenvalue weighted by atomic mass is 19.4. The Kier molecular flexibility index (Phi) is 5.58. The number of aromatic nitrogens is 2. The first-order valence-corrected chi connectivity index (χ1v) is 8.25. The molecule has 1 fully saturated rings. The van der Waals surface area contributed by atoms with E-state index in [9.17, 15) is 18.0 Å². The number of carbonyl (C=O) groups excluding carboxylic acids is 1. The van der Waals surface area contributed by atoms with Gasteiger partial charge in [0.1, 0.15) is 5.75 Å². The number of nitrogens with zero attached hydrogens (tertiary/aromatic N) is 4. The van der Waals surface area contributed by atoms with Crippen LogP contribution in [0.25, 0.3) is 6.08 Å². The first-order valence-electron chi connectivity index (χ1n) is 8.25. The molecule has 1 saturated heterocycles. The molecule has 0 radical (unpaired) electrons. The molecule has 1 aromatic carbocycles. The molecule has 9 heteroatoms. The Morgan fingerprint density at radius 1 is 1.04 bits per heavy atom. The van der Waals surface area contributed by atoms with Crippen LogP contribution in [0, 0.1) is 0 Å². The molecule has 0 spiro atoms. The number of carbonyl (C=O) groups is 1. The zero-order valence-corrected chi connectivity index (χ0v) is 14.3. The molecule has 3 rings (SSSR count). The van der Waals surface area contributed by atoms with Gasteiger partial charge in [-0.25, -0.2) is 9.97 Å². The minimum absolute atomic E-state index is 0.153. The largest absolute Gasteiger partial charge is 0.573 e. The van der Waals surface area contributed by atoms with Crippen molar-refractivity contribution in [3.63, 3.8) is 0 Å². The van der Waals surface area contributed by atoms with Crippen molar-refractivity contribution in [3.05, 3.63) is 54.4 Å². The maximum atomic E-state index is 12.3. The van der Waals surface area contributed by atoms with E-state index >= 15 is 0 Å². The van der Waals surface area contributed by atoms with Crippen LogP contribution in [0.15, 0.2) is 48.8 Å². The SMILES string of the molecule is O=C(C=Cc1ccc(OC(F)(F)F)cc1)N1CCN(c2ncccn2)CC1. The normalized spacial score (nSPS) is 15.2. The quantitative estimate of drug-likeness (QED) is 0.766. The molecule has 1 aliphatic heterocycles. The van der Waals surface area contributed by atoms with Gasteiger partial charge in [-0.05, 0) is 29.8 Å². The van der Waals surface area contributed by atoms with Crippen LogP contribution in [-0.4, -0.2) is 53.3 Å². The van der Waals surface area contributed by atoms with Crippen molar-refractivity contribution >= 4 is 17.9 Å². The van der Waals surface area contributed by atoms with Crippen molar-refractivity contribution in [2.24, 2.45) is 0 Å². The maximum Gasteiger partial charge on any atom is 0.573 e. The Labute approximate surface area is 153 Å². The highest BCUT2D eigenvalue weighted by molar-refractivity contribution is 5.92. The number of halogens is 3. The van der Waals surface area contributed by atoms with Crippen LogP contribution in [0.1, 0.15) is 5.56 Å². The Morgan fingerprint density at radius 2 is 1.67 bits per heavy atom. The number of alkyl halides is 3. The summed E-state index contributed by atoms with van der Waals surface area (Å²) in [4.78, 5) is 24.4. The van der Waals surface area contributed by atoms with Crippen LogP contribution < -0.4 is 9.64 Å². The Morgan fingerprint density at radius 3 is 2.26 bits per heavy atom. The molecule has 0 atom stereocenters. The van der Waals surface area contributed by atoms with Crippen LogP contribution in [0.3, 0.4) is 0 Å². The molecule has 27 heavy (non-hydrogen) atoms. The summed E-state index contributed by atoms with van der Waals surface area (Å²) in [6.07, 6.45) is 1.60. The summed E-state index contributed by atoms with van der Waals surface area (Å²) in [5, 5.41) is 0. The number of benzene rings is 1. The lowest BCUT2D eigenvalue weighted by Crippen LogP contribution is -2.48. The lowest BCUT2D eigenvalue weighted by molar-refractivity contribution is -0.274. The van der Waals surface area contributed by atoms with Crippen LogP contribution in [0.2, 0.25) is 0 Å². The fraction of sp³-hybridized carbons (Fsp3) is 0.278. The summed E-state index contributed by atoms with van der Waals surface area (Å²) in [6.45, 7) is 2.35. The monoisotopic (exact) mass is 378 g/mol. The fourth-order valence-electron chi connectivity index (χ4n) is 2.63. The zero-order chi connectivity index (χ0) is 19.3. The van der Waals surface area contributed by atoms with Crippen molar-refractivity contribution in [2.75, 3.05) is 31.1 Å². The highest BCUT2D eigenvalue weighted by Gasteiger charge is 2.30. The van der Waals surface area contributed by atoms with Gasteiger partial charge in [0, 0.05) is 44.6 Å². The van der Waals surface area contributed by atoms with Gasteiger partial charge in [-0.3, -0.25) is 4.79 Å². The molecular weight excluding hydrogens is 361 g/mol. The van der Waals surface area contributed by atoms with Crippen LogP contribution in [-0.2, 0) is 4.79 Å². The van der Waals surface area contributed by atoms with E-state index in [1.54, 1.807) is 29.4 Å². The van der Waals surface area contributed by atoms with Crippen molar-refractivity contribution in [1.82, 2.24) is 14.9 Å². The Balaban J connectivity index is 1.52. The smallest absolute Gasteiger partial charge is 0.406 e. The maximum absolute atomic E-state index is 12.3. The van der Waals surface area contributed by atoms with E-state index in [4.69, 9.17) is 0 Å². The van der Waals surface area contributed by atoms with Gasteiger partial charge in [0.05, 0.1) is 0 Å². The summed E-state index contributed by atoms with van der Waals surface area (Å²) >= 11 is 0. The van der Waals surface area contributed by atoms with Crippen LogP contribution in [0.5, 0.6) is 5.75 Å². The third kappa shape index (κ3) is 5.44. The van der Waals surface area contributed by atoms with Crippen LogP contribution in [0.4, 0.5) is 19.1 Å². The number of amides is 1. The van der Waals surface area contributed by atoms with E-state index in [2.05, 4.69) is 14.7 Å². The average molecular weight is 378 g/mol. The first-order chi connectivity index (χ1) is 12.9. The summed E-state index contributed by atoms with van der Waals surface area (Å²) in [6, 6.07) is 7.06. The molecule has 2 heterocycles. The van der Waals surface area contributed by atoms with Gasteiger partial charge in [0.15, 0.2) is 0 Å². The topological polar surface area (TPSA) is 58.6 Å². The van der Waals surface area contributed by atoms with Gasteiger partial charge >= 0.3 is 6.36 Å². The van der Waals surface area contributed by atoms with Crippen molar-refractivity contribution in [2.45, 2.75) is 6.36 Å². The molecule has 0 aliphatic carbocycles. The highest BCUT2D eigenvalue weighted by Crippen LogP contribution is 2.23. The third-order valence-corrected chi connectivity index (χ3v) is 3.96. The molecular formula is C18H17F3N4O2.